The summed E-state index contributed by atoms with van der Waals surface area (Å²) in [7, 11) is 0. The molecule has 0 aliphatic carbocycles. The molecule has 3 amide bonds. The van der Waals surface area contributed by atoms with Crippen molar-refractivity contribution in [3.05, 3.63) is 35.9 Å². The van der Waals surface area contributed by atoms with Crippen LogP contribution < -0.4 is 0 Å². The summed E-state index contributed by atoms with van der Waals surface area (Å²) < 4.78 is 11.0. The number of hydrogen-bond donors (Lipinski definition) is 1. The lowest BCUT2D eigenvalue weighted by atomic mass is 9.94. The second-order valence-electron chi connectivity index (χ2n) is 9.82. The van der Waals surface area contributed by atoms with E-state index in [2.05, 4.69) is 0 Å². The number of nitrogens with zero attached hydrogens (tertiary/aromatic N) is 2. The lowest BCUT2D eigenvalue weighted by Crippen LogP contribution is -2.53. The van der Waals surface area contributed by atoms with Gasteiger partial charge in [-0.05, 0) is 53.0 Å². The van der Waals surface area contributed by atoms with Crippen molar-refractivity contribution < 1.29 is 29.0 Å². The Hall–Kier alpha value is -2.61. The van der Waals surface area contributed by atoms with Gasteiger partial charge in [-0.15, -0.1) is 0 Å². The van der Waals surface area contributed by atoms with Gasteiger partial charge in [-0.3, -0.25) is 9.69 Å². The zero-order valence-corrected chi connectivity index (χ0v) is 19.6. The number of aliphatic hydroxyl groups is 1. The summed E-state index contributed by atoms with van der Waals surface area (Å²) in [5.74, 6) is -1.42. The number of benzene rings is 1. The third-order valence-electron chi connectivity index (χ3n) is 6.25. The molecular formula is C24H34N2O6. The highest BCUT2D eigenvalue weighted by atomic mass is 16.6. The van der Waals surface area contributed by atoms with Crippen molar-refractivity contribution in [2.24, 2.45) is 5.92 Å². The molecule has 0 radical (unpaired) electrons. The molecule has 0 saturated carbocycles. The Bertz CT molecular complexity index is 852. The Morgan fingerprint density at radius 3 is 2.38 bits per heavy atom. The second-order valence-corrected chi connectivity index (χ2v) is 9.82. The van der Waals surface area contributed by atoms with E-state index >= 15 is 0 Å². The monoisotopic (exact) mass is 446 g/mol. The van der Waals surface area contributed by atoms with Gasteiger partial charge in [-0.2, -0.15) is 0 Å². The first-order chi connectivity index (χ1) is 14.9. The van der Waals surface area contributed by atoms with Crippen LogP contribution in [0.1, 0.15) is 66.1 Å². The topological polar surface area (TPSA) is 96.4 Å². The van der Waals surface area contributed by atoms with Gasteiger partial charge in [0.25, 0.3) is 0 Å². The van der Waals surface area contributed by atoms with Gasteiger partial charge >= 0.3 is 12.2 Å². The van der Waals surface area contributed by atoms with Gasteiger partial charge in [0.15, 0.2) is 0 Å². The first kappa shape index (κ1) is 24.0. The molecule has 3 rings (SSSR count). The maximum absolute atomic E-state index is 13.3. The molecular weight excluding hydrogens is 412 g/mol. The molecule has 6 atom stereocenters. The molecule has 32 heavy (non-hydrogen) atoms. The molecule has 8 heteroatoms. The van der Waals surface area contributed by atoms with Crippen LogP contribution in [-0.2, 0) is 14.3 Å². The van der Waals surface area contributed by atoms with E-state index in [1.807, 2.05) is 37.3 Å². The van der Waals surface area contributed by atoms with Crippen molar-refractivity contribution in [2.45, 2.75) is 90.3 Å². The van der Waals surface area contributed by atoms with Gasteiger partial charge in [0.2, 0.25) is 5.91 Å². The third-order valence-corrected chi connectivity index (χ3v) is 6.25. The number of imide groups is 1. The summed E-state index contributed by atoms with van der Waals surface area (Å²) in [5.41, 5.74) is 0.134. The van der Waals surface area contributed by atoms with Crippen LogP contribution in [0.25, 0.3) is 0 Å². The number of carbonyl (C=O) groups excluding carboxylic acids is 3. The van der Waals surface area contributed by atoms with Crippen molar-refractivity contribution in [3.63, 3.8) is 0 Å². The number of amides is 3. The minimum absolute atomic E-state index is 0.120. The Morgan fingerprint density at radius 2 is 1.78 bits per heavy atom. The molecule has 0 aromatic heterocycles. The quantitative estimate of drug-likeness (QED) is 0.754. The van der Waals surface area contributed by atoms with Gasteiger partial charge in [-0.1, -0.05) is 37.3 Å². The average Bonchev–Trinajstić information content (AvgIpc) is 3.25. The predicted octanol–water partition coefficient (Wildman–Crippen LogP) is 3.88. The van der Waals surface area contributed by atoms with Crippen LogP contribution >= 0.6 is 0 Å². The summed E-state index contributed by atoms with van der Waals surface area (Å²) >= 11 is 0. The molecule has 1 N–H and O–H groups in total. The molecule has 0 bridgehead atoms. The van der Waals surface area contributed by atoms with E-state index in [0.29, 0.717) is 12.8 Å². The van der Waals surface area contributed by atoms with Crippen molar-refractivity contribution in [3.8, 4) is 0 Å². The van der Waals surface area contributed by atoms with Crippen LogP contribution in [0.4, 0.5) is 9.59 Å². The van der Waals surface area contributed by atoms with Gasteiger partial charge < -0.3 is 14.6 Å². The van der Waals surface area contributed by atoms with Crippen LogP contribution in [0.5, 0.6) is 0 Å². The van der Waals surface area contributed by atoms with Crippen LogP contribution in [0.15, 0.2) is 30.3 Å². The van der Waals surface area contributed by atoms with Gasteiger partial charge in [0.1, 0.15) is 11.7 Å². The normalized spacial score (nSPS) is 27.8. The Labute approximate surface area is 189 Å². The van der Waals surface area contributed by atoms with Crippen LogP contribution in [-0.4, -0.2) is 62.8 Å². The van der Waals surface area contributed by atoms with Crippen LogP contribution in [0, 0.1) is 5.92 Å². The molecule has 0 spiro atoms. The molecule has 1 aromatic rings. The minimum Gasteiger partial charge on any atom is -0.444 e. The number of ether oxygens (including phenoxy) is 2. The predicted molar refractivity (Wildman–Crippen MR) is 118 cm³/mol. The zero-order chi connectivity index (χ0) is 23.8. The summed E-state index contributed by atoms with van der Waals surface area (Å²) in [6, 6.07) is 8.04. The van der Waals surface area contributed by atoms with Crippen molar-refractivity contribution in [2.75, 3.05) is 0 Å². The molecule has 2 fully saturated rings. The Kier molecular flexibility index (Phi) is 6.83. The molecule has 2 heterocycles. The maximum atomic E-state index is 13.3. The van der Waals surface area contributed by atoms with E-state index in [-0.39, 0.29) is 6.04 Å². The number of cyclic esters (lactones) is 1. The van der Waals surface area contributed by atoms with E-state index in [4.69, 9.17) is 9.47 Å². The number of aliphatic hydroxyl groups excluding tert-OH is 1. The molecule has 2 aliphatic heterocycles. The summed E-state index contributed by atoms with van der Waals surface area (Å²) in [6.45, 7) is 10.6. The highest BCUT2D eigenvalue weighted by molar-refractivity contribution is 5.95. The van der Waals surface area contributed by atoms with Crippen LogP contribution in [0.2, 0.25) is 0 Å². The minimum atomic E-state index is -1.14. The number of rotatable bonds is 4. The summed E-state index contributed by atoms with van der Waals surface area (Å²) in [4.78, 5) is 41.2. The van der Waals surface area contributed by atoms with E-state index in [1.54, 1.807) is 34.6 Å². The van der Waals surface area contributed by atoms with Crippen molar-refractivity contribution in [1.29, 1.82) is 0 Å². The lowest BCUT2D eigenvalue weighted by Gasteiger charge is -2.35. The molecule has 2 saturated heterocycles. The highest BCUT2D eigenvalue weighted by Gasteiger charge is 2.48. The van der Waals surface area contributed by atoms with Gasteiger partial charge in [-0.25, -0.2) is 14.5 Å². The number of hydrogen-bond acceptors (Lipinski definition) is 6. The molecule has 176 valence electrons. The Morgan fingerprint density at radius 1 is 1.16 bits per heavy atom. The fraction of sp³-hybridized carbons (Fsp3) is 0.625. The van der Waals surface area contributed by atoms with Gasteiger partial charge in [0, 0.05) is 6.04 Å². The Balaban J connectivity index is 1.74. The first-order valence-corrected chi connectivity index (χ1v) is 11.2. The molecule has 2 aliphatic rings. The summed E-state index contributed by atoms with van der Waals surface area (Å²) in [5, 5.41) is 11.1. The fourth-order valence-electron chi connectivity index (χ4n) is 4.53. The number of carbonyl (C=O) groups is 3. The first-order valence-electron chi connectivity index (χ1n) is 11.2. The second kappa shape index (κ2) is 9.10. The zero-order valence-electron chi connectivity index (χ0n) is 19.6. The lowest BCUT2D eigenvalue weighted by molar-refractivity contribution is -0.138. The molecule has 1 aromatic carbocycles. The van der Waals surface area contributed by atoms with E-state index in [9.17, 15) is 19.5 Å². The smallest absolute Gasteiger partial charge is 0.417 e. The van der Waals surface area contributed by atoms with Crippen molar-refractivity contribution in [1.82, 2.24) is 9.80 Å². The van der Waals surface area contributed by atoms with E-state index in [0.717, 1.165) is 10.5 Å². The average molecular weight is 447 g/mol. The molecule has 8 nitrogen and oxygen atoms in total. The van der Waals surface area contributed by atoms with Crippen LogP contribution in [0.3, 0.4) is 0 Å². The highest BCUT2D eigenvalue weighted by Crippen LogP contribution is 2.35. The summed E-state index contributed by atoms with van der Waals surface area (Å²) in [6.07, 6.45) is -1.70. The van der Waals surface area contributed by atoms with Gasteiger partial charge in [0.05, 0.1) is 24.1 Å². The third kappa shape index (κ3) is 4.75. The largest absolute Gasteiger partial charge is 0.444 e. The van der Waals surface area contributed by atoms with E-state index < -0.39 is 53.9 Å². The van der Waals surface area contributed by atoms with Crippen molar-refractivity contribution >= 4 is 18.1 Å². The maximum Gasteiger partial charge on any atom is 0.417 e. The SMILES string of the molecule is CC1CCC([C@H](O)[C@@H](C)C(=O)N2C(=O)O[C@@H](c3ccccc3)[C@H]2C)N1C(=O)OC(C)(C)C. The fourth-order valence-corrected chi connectivity index (χ4v) is 4.53. The molecule has 2 unspecified atom stereocenters. The van der Waals surface area contributed by atoms with E-state index in [1.165, 1.54) is 4.90 Å². The standard InChI is InChI=1S/C24H34N2O6/c1-14-12-13-18(25(14)23(30)32-24(4,5)6)19(27)15(2)21(28)26-16(3)20(31-22(26)29)17-10-8-7-9-11-17/h7-11,14-16,18-20,27H,12-13H2,1-6H3/t14?,15-,16-,18?,19-,20-/m1/s1. The number of likely N-dealkylation sites (tertiary alicyclic amines) is 1.